The van der Waals surface area contributed by atoms with Crippen molar-refractivity contribution >= 4 is 11.6 Å². The van der Waals surface area contributed by atoms with Gasteiger partial charge in [-0.15, -0.1) is 0 Å². The molecule has 9 heteroatoms. The number of methoxy groups -OCH3 is 1. The fourth-order valence-corrected chi connectivity index (χ4v) is 8.17. The van der Waals surface area contributed by atoms with Gasteiger partial charge in [-0.05, 0) is 108 Å². The Bertz CT molecular complexity index is 1510. The third kappa shape index (κ3) is 4.02. The number of amides is 1. The van der Waals surface area contributed by atoms with Crippen LogP contribution in [0, 0.1) is 10.8 Å². The number of carbonyl (C=O) groups excluding carboxylic acids is 1. The second-order valence-corrected chi connectivity index (χ2v) is 14.7. The van der Waals surface area contributed by atoms with E-state index in [0.717, 1.165) is 74.3 Å². The van der Waals surface area contributed by atoms with Gasteiger partial charge in [-0.1, -0.05) is 11.2 Å². The van der Waals surface area contributed by atoms with E-state index in [1.165, 1.54) is 0 Å². The highest BCUT2D eigenvalue weighted by Gasteiger charge is 2.73. The molecule has 4 bridgehead atoms. The summed E-state index contributed by atoms with van der Waals surface area (Å²) in [5, 5.41) is 4.31. The lowest BCUT2D eigenvalue weighted by Crippen LogP contribution is -2.71. The zero-order valence-electron chi connectivity index (χ0n) is 24.7. The minimum absolute atomic E-state index is 0.0162. The lowest BCUT2D eigenvalue weighted by molar-refractivity contribution is -0.211. The molecule has 7 aliphatic rings. The van der Waals surface area contributed by atoms with E-state index < -0.39 is 16.7 Å². The Balaban J connectivity index is 1.07. The van der Waals surface area contributed by atoms with Crippen molar-refractivity contribution in [3.8, 4) is 11.5 Å². The second kappa shape index (κ2) is 8.74. The van der Waals surface area contributed by atoms with Gasteiger partial charge in [0.2, 0.25) is 17.7 Å². The molecule has 7 fully saturated rings. The van der Waals surface area contributed by atoms with E-state index in [1.54, 1.807) is 13.4 Å². The Morgan fingerprint density at radius 1 is 1.10 bits per heavy atom. The summed E-state index contributed by atoms with van der Waals surface area (Å²) in [6, 6.07) is 7.89. The molecule has 1 aromatic carbocycles. The lowest BCUT2D eigenvalue weighted by Gasteiger charge is -2.65. The molecule has 0 aliphatic heterocycles. The average molecular weight is 575 g/mol. The van der Waals surface area contributed by atoms with Crippen molar-refractivity contribution in [2.75, 3.05) is 18.6 Å². The molecule has 222 valence electrons. The Morgan fingerprint density at radius 3 is 2.45 bits per heavy atom. The number of anilines is 1. The van der Waals surface area contributed by atoms with E-state index >= 15 is 0 Å². The largest absolute Gasteiger partial charge is 0.444 e. The highest BCUT2D eigenvalue weighted by molar-refractivity contribution is 6.00. The molecule has 3 aromatic rings. The van der Waals surface area contributed by atoms with Crippen LogP contribution >= 0.6 is 0 Å². The van der Waals surface area contributed by atoms with Crippen molar-refractivity contribution in [2.24, 2.45) is 10.8 Å². The van der Waals surface area contributed by atoms with Gasteiger partial charge in [0.1, 0.15) is 23.2 Å². The molecule has 0 atom stereocenters. The van der Waals surface area contributed by atoms with Gasteiger partial charge in [0.05, 0.1) is 5.41 Å². The molecule has 8 nitrogen and oxygen atoms in total. The first kappa shape index (κ1) is 26.5. The van der Waals surface area contributed by atoms with E-state index in [9.17, 15) is 9.18 Å². The van der Waals surface area contributed by atoms with Crippen LogP contribution in [0.25, 0.3) is 11.5 Å². The second-order valence-electron chi connectivity index (χ2n) is 14.7. The molecule has 1 amide bonds. The van der Waals surface area contributed by atoms with Crippen LogP contribution < -0.4 is 4.90 Å². The zero-order valence-corrected chi connectivity index (χ0v) is 24.7. The van der Waals surface area contributed by atoms with E-state index in [2.05, 4.69) is 5.16 Å². The number of carbonyl (C=O) groups is 1. The number of alkyl halides is 1. The first-order valence-corrected chi connectivity index (χ1v) is 15.5. The number of aromatic nitrogens is 3. The van der Waals surface area contributed by atoms with Crippen LogP contribution in [-0.4, -0.2) is 40.4 Å². The SMILES string of the molecule is COC(C)(C)c1coc(-c2cccc(N(CC34CCC(c5nc(C6CC6)no5)(CC3)CC4)C(=O)C34CC(F)(C3)C4)c2)n1. The van der Waals surface area contributed by atoms with Crippen molar-refractivity contribution in [1.29, 1.82) is 0 Å². The molecule has 2 aromatic heterocycles. The lowest BCUT2D eigenvalue weighted by atomic mass is 9.41. The van der Waals surface area contributed by atoms with E-state index in [1.807, 2.05) is 43.0 Å². The van der Waals surface area contributed by atoms with Gasteiger partial charge in [-0.3, -0.25) is 4.79 Å². The van der Waals surface area contributed by atoms with Gasteiger partial charge in [-0.2, -0.15) is 4.98 Å². The Morgan fingerprint density at radius 2 is 1.81 bits per heavy atom. The Labute approximate surface area is 245 Å². The molecular weight excluding hydrogens is 535 g/mol. The molecule has 0 unspecified atom stereocenters. The number of fused-ring (bicyclic) bond motifs is 3. The van der Waals surface area contributed by atoms with Crippen molar-refractivity contribution in [3.05, 3.63) is 47.9 Å². The first-order valence-electron chi connectivity index (χ1n) is 15.5. The monoisotopic (exact) mass is 574 g/mol. The van der Waals surface area contributed by atoms with Crippen LogP contribution in [0.3, 0.4) is 0 Å². The summed E-state index contributed by atoms with van der Waals surface area (Å²) in [6.45, 7) is 4.52. The van der Waals surface area contributed by atoms with E-state index in [4.69, 9.17) is 23.6 Å². The van der Waals surface area contributed by atoms with Crippen LogP contribution in [0.1, 0.15) is 108 Å². The molecule has 10 rings (SSSR count). The van der Waals surface area contributed by atoms with Crippen LogP contribution in [0.15, 0.2) is 39.5 Å². The minimum atomic E-state index is -1.14. The summed E-state index contributed by atoms with van der Waals surface area (Å²) in [6.07, 6.45) is 11.0. The van der Waals surface area contributed by atoms with Crippen LogP contribution in [0.5, 0.6) is 0 Å². The Kier molecular flexibility index (Phi) is 5.53. The van der Waals surface area contributed by atoms with Gasteiger partial charge in [0, 0.05) is 36.2 Å². The number of halogens is 1. The fourth-order valence-electron chi connectivity index (χ4n) is 8.17. The summed E-state index contributed by atoms with van der Waals surface area (Å²) < 4.78 is 31.9. The van der Waals surface area contributed by atoms with Gasteiger partial charge in [0.25, 0.3) is 0 Å². The van der Waals surface area contributed by atoms with Gasteiger partial charge >= 0.3 is 0 Å². The number of oxazole rings is 1. The molecule has 7 aliphatic carbocycles. The molecular formula is C33H39FN4O4. The number of rotatable bonds is 9. The zero-order chi connectivity index (χ0) is 29.0. The summed E-state index contributed by atoms with van der Waals surface area (Å²) >= 11 is 0. The van der Waals surface area contributed by atoms with Crippen molar-refractivity contribution < 1.29 is 22.9 Å². The molecule has 7 saturated carbocycles. The predicted molar refractivity (Wildman–Crippen MR) is 153 cm³/mol. The van der Waals surface area contributed by atoms with Crippen LogP contribution in [0.4, 0.5) is 10.1 Å². The van der Waals surface area contributed by atoms with Crippen LogP contribution in [0.2, 0.25) is 0 Å². The molecule has 0 saturated heterocycles. The molecule has 0 radical (unpaired) electrons. The maximum Gasteiger partial charge on any atom is 0.233 e. The fraction of sp³-hybridized carbons (Fsp3) is 0.636. The summed E-state index contributed by atoms with van der Waals surface area (Å²) in [4.78, 5) is 25.7. The molecule has 42 heavy (non-hydrogen) atoms. The molecule has 0 N–H and O–H groups in total. The number of hydrogen-bond donors (Lipinski definition) is 0. The summed E-state index contributed by atoms with van der Waals surface area (Å²) in [5.74, 6) is 2.74. The standard InChI is InChI=1S/C33H39FN4O4/c1-29(2,40-3)24-16-41-26(35-24)22-5-4-6-23(15-22)38(28(39)32-17-33(34,18-32)19-32)20-30-9-12-31(13-10-30,14-11-30)27-36-25(37-42-27)21-7-8-21/h4-6,15-16,21H,7-14,17-20H2,1-3H3. The maximum atomic E-state index is 14.6. The molecule has 2 heterocycles. The molecule has 0 spiro atoms. The minimum Gasteiger partial charge on any atom is -0.444 e. The van der Waals surface area contributed by atoms with Crippen molar-refractivity contribution in [1.82, 2.24) is 15.1 Å². The van der Waals surface area contributed by atoms with Gasteiger partial charge in [0.15, 0.2) is 5.82 Å². The highest BCUT2D eigenvalue weighted by Crippen LogP contribution is 2.70. The van der Waals surface area contributed by atoms with E-state index in [-0.39, 0.29) is 16.7 Å². The average Bonchev–Trinajstić information content (AvgIpc) is 3.47. The van der Waals surface area contributed by atoms with Crippen molar-refractivity contribution in [3.63, 3.8) is 0 Å². The summed E-state index contributed by atoms with van der Waals surface area (Å²) in [5.41, 5.74) is 0.0338. The topological polar surface area (TPSA) is 94.5 Å². The van der Waals surface area contributed by atoms with Crippen LogP contribution in [-0.2, 0) is 20.5 Å². The third-order valence-electron chi connectivity index (χ3n) is 11.4. The highest BCUT2D eigenvalue weighted by atomic mass is 19.1. The van der Waals surface area contributed by atoms with Gasteiger partial charge in [-0.25, -0.2) is 9.37 Å². The summed E-state index contributed by atoms with van der Waals surface area (Å²) in [7, 11) is 1.65. The maximum absolute atomic E-state index is 14.6. The number of nitrogens with zero attached hydrogens (tertiary/aromatic N) is 4. The van der Waals surface area contributed by atoms with Gasteiger partial charge < -0.3 is 18.6 Å². The van der Waals surface area contributed by atoms with Crippen molar-refractivity contribution in [2.45, 2.75) is 107 Å². The number of ether oxygens (including phenoxy) is 1. The third-order valence-corrected chi connectivity index (χ3v) is 11.4. The Hall–Kier alpha value is -3.07. The van der Waals surface area contributed by atoms with E-state index in [0.29, 0.717) is 43.3 Å². The first-order chi connectivity index (χ1) is 20.1. The quantitative estimate of drug-likeness (QED) is 0.272. The normalized spacial score (nSPS) is 33.2. The number of hydrogen-bond acceptors (Lipinski definition) is 7. The predicted octanol–water partition coefficient (Wildman–Crippen LogP) is 7.00. The number of benzene rings is 1. The smallest absolute Gasteiger partial charge is 0.233 e.